The molecule has 0 aromatic carbocycles. The van der Waals surface area contributed by atoms with Crippen LogP contribution < -0.4 is 0 Å². The van der Waals surface area contributed by atoms with E-state index in [0.717, 1.165) is 25.7 Å². The molecule has 0 saturated heterocycles. The van der Waals surface area contributed by atoms with E-state index in [2.05, 4.69) is 20.8 Å². The van der Waals surface area contributed by atoms with Crippen LogP contribution in [0, 0.1) is 5.92 Å². The number of carbonyl (C=O) groups excluding carboxylic acids is 2. The summed E-state index contributed by atoms with van der Waals surface area (Å²) in [5.41, 5.74) is 0. The van der Waals surface area contributed by atoms with Crippen LogP contribution in [0.1, 0.15) is 85.5 Å². The van der Waals surface area contributed by atoms with Crippen LogP contribution in [0.2, 0.25) is 0 Å². The first-order valence-corrected chi connectivity index (χ1v) is 8.80. The average molecular weight is 314 g/mol. The summed E-state index contributed by atoms with van der Waals surface area (Å²) in [4.78, 5) is 23.1. The summed E-state index contributed by atoms with van der Waals surface area (Å²) in [5.74, 6) is 0.00548. The Labute approximate surface area is 135 Å². The Balaban J connectivity index is 3.60. The molecule has 4 nitrogen and oxygen atoms in total. The third kappa shape index (κ3) is 13.9. The standard InChI is InChI=1S/C18H34O4/c1-5-6-7-8-11-16(4)22-18(20)13-12-17(19)21-14-9-10-15(2)3/h15-16H,5-14H2,1-4H3. The van der Waals surface area contributed by atoms with E-state index in [9.17, 15) is 9.59 Å². The molecule has 4 heteroatoms. The van der Waals surface area contributed by atoms with Crippen molar-refractivity contribution in [2.24, 2.45) is 5.92 Å². The van der Waals surface area contributed by atoms with E-state index in [1.54, 1.807) is 0 Å². The molecule has 0 heterocycles. The van der Waals surface area contributed by atoms with Gasteiger partial charge in [-0.15, -0.1) is 0 Å². The quantitative estimate of drug-likeness (QED) is 0.367. The zero-order chi connectivity index (χ0) is 16.8. The van der Waals surface area contributed by atoms with E-state index in [-0.39, 0.29) is 30.9 Å². The largest absolute Gasteiger partial charge is 0.466 e. The van der Waals surface area contributed by atoms with Gasteiger partial charge in [-0.2, -0.15) is 0 Å². The van der Waals surface area contributed by atoms with Crippen molar-refractivity contribution in [3.8, 4) is 0 Å². The molecule has 22 heavy (non-hydrogen) atoms. The maximum absolute atomic E-state index is 11.6. The van der Waals surface area contributed by atoms with E-state index in [1.807, 2.05) is 6.92 Å². The molecule has 1 unspecified atom stereocenters. The third-order valence-electron chi connectivity index (χ3n) is 3.52. The number of unbranched alkanes of at least 4 members (excludes halogenated alkanes) is 3. The van der Waals surface area contributed by atoms with Gasteiger partial charge in [-0.05, 0) is 38.5 Å². The topological polar surface area (TPSA) is 52.6 Å². The molecule has 0 aliphatic carbocycles. The highest BCUT2D eigenvalue weighted by atomic mass is 16.5. The normalized spacial score (nSPS) is 12.2. The number of hydrogen-bond acceptors (Lipinski definition) is 4. The molecular formula is C18H34O4. The maximum Gasteiger partial charge on any atom is 0.306 e. The molecule has 0 spiro atoms. The predicted molar refractivity (Wildman–Crippen MR) is 88.6 cm³/mol. The van der Waals surface area contributed by atoms with Crippen LogP contribution in [0.3, 0.4) is 0 Å². The summed E-state index contributed by atoms with van der Waals surface area (Å²) >= 11 is 0. The zero-order valence-electron chi connectivity index (χ0n) is 14.9. The Morgan fingerprint density at radius 1 is 0.864 bits per heavy atom. The van der Waals surface area contributed by atoms with Gasteiger partial charge >= 0.3 is 11.9 Å². The Kier molecular flexibility index (Phi) is 12.9. The minimum atomic E-state index is -0.309. The van der Waals surface area contributed by atoms with Crippen LogP contribution in [0.15, 0.2) is 0 Å². The van der Waals surface area contributed by atoms with Crippen molar-refractivity contribution in [2.75, 3.05) is 6.61 Å². The SMILES string of the molecule is CCCCCCC(C)OC(=O)CCC(=O)OCCCC(C)C. The molecule has 0 amide bonds. The molecule has 0 aromatic rings. The fourth-order valence-electron chi connectivity index (χ4n) is 2.15. The first-order valence-electron chi connectivity index (χ1n) is 8.80. The second-order valence-corrected chi connectivity index (χ2v) is 6.41. The van der Waals surface area contributed by atoms with Gasteiger partial charge in [0.05, 0.1) is 25.6 Å². The molecule has 0 radical (unpaired) electrons. The molecule has 0 aliphatic heterocycles. The van der Waals surface area contributed by atoms with Crippen LogP contribution in [0.25, 0.3) is 0 Å². The number of esters is 2. The number of ether oxygens (including phenoxy) is 2. The second-order valence-electron chi connectivity index (χ2n) is 6.41. The lowest BCUT2D eigenvalue weighted by molar-refractivity contribution is -0.153. The highest BCUT2D eigenvalue weighted by molar-refractivity contribution is 5.77. The summed E-state index contributed by atoms with van der Waals surface area (Å²) in [6.45, 7) is 8.81. The molecule has 0 saturated carbocycles. The average Bonchev–Trinajstić information content (AvgIpc) is 2.46. The van der Waals surface area contributed by atoms with Crippen LogP contribution >= 0.6 is 0 Å². The highest BCUT2D eigenvalue weighted by Gasteiger charge is 2.12. The Bertz CT molecular complexity index is 299. The van der Waals surface area contributed by atoms with Gasteiger partial charge in [0.25, 0.3) is 0 Å². The van der Waals surface area contributed by atoms with Crippen molar-refractivity contribution in [1.29, 1.82) is 0 Å². The fourth-order valence-corrected chi connectivity index (χ4v) is 2.15. The summed E-state index contributed by atoms with van der Waals surface area (Å²) in [7, 11) is 0. The van der Waals surface area contributed by atoms with Crippen molar-refractivity contribution in [3.05, 3.63) is 0 Å². The molecule has 130 valence electrons. The molecule has 0 aliphatic rings. The highest BCUT2D eigenvalue weighted by Crippen LogP contribution is 2.09. The zero-order valence-corrected chi connectivity index (χ0v) is 14.9. The Morgan fingerprint density at radius 2 is 1.55 bits per heavy atom. The lowest BCUT2D eigenvalue weighted by Crippen LogP contribution is -2.16. The molecular weight excluding hydrogens is 280 g/mol. The summed E-state index contributed by atoms with van der Waals surface area (Å²) in [6, 6.07) is 0. The molecule has 0 fully saturated rings. The van der Waals surface area contributed by atoms with Gasteiger partial charge in [0.2, 0.25) is 0 Å². The van der Waals surface area contributed by atoms with Crippen molar-refractivity contribution in [3.63, 3.8) is 0 Å². The lowest BCUT2D eigenvalue weighted by Gasteiger charge is -2.13. The summed E-state index contributed by atoms with van der Waals surface area (Å²) < 4.78 is 10.4. The second kappa shape index (κ2) is 13.6. The van der Waals surface area contributed by atoms with Crippen LogP contribution in [-0.2, 0) is 19.1 Å². The molecule has 0 aromatic heterocycles. The Hall–Kier alpha value is -1.06. The van der Waals surface area contributed by atoms with Gasteiger partial charge in [0, 0.05) is 0 Å². The number of hydrogen-bond donors (Lipinski definition) is 0. The monoisotopic (exact) mass is 314 g/mol. The van der Waals surface area contributed by atoms with Crippen molar-refractivity contribution >= 4 is 11.9 Å². The van der Waals surface area contributed by atoms with E-state index in [0.29, 0.717) is 12.5 Å². The first kappa shape index (κ1) is 20.9. The minimum absolute atomic E-state index is 0.0635. The molecule has 0 N–H and O–H groups in total. The van der Waals surface area contributed by atoms with Gasteiger partial charge in [0.1, 0.15) is 0 Å². The van der Waals surface area contributed by atoms with Gasteiger partial charge in [-0.3, -0.25) is 9.59 Å². The predicted octanol–water partition coefficient (Wildman–Crippen LogP) is 4.65. The lowest BCUT2D eigenvalue weighted by atomic mass is 10.1. The fraction of sp³-hybridized carbons (Fsp3) is 0.889. The molecule has 1 atom stereocenters. The van der Waals surface area contributed by atoms with E-state index < -0.39 is 0 Å². The van der Waals surface area contributed by atoms with Crippen LogP contribution in [0.4, 0.5) is 0 Å². The maximum atomic E-state index is 11.6. The van der Waals surface area contributed by atoms with Crippen molar-refractivity contribution < 1.29 is 19.1 Å². The van der Waals surface area contributed by atoms with E-state index >= 15 is 0 Å². The number of carbonyl (C=O) groups is 2. The van der Waals surface area contributed by atoms with Gasteiger partial charge in [-0.1, -0.05) is 40.0 Å². The van der Waals surface area contributed by atoms with Crippen molar-refractivity contribution in [2.45, 2.75) is 91.6 Å². The van der Waals surface area contributed by atoms with Gasteiger partial charge in [-0.25, -0.2) is 0 Å². The summed E-state index contributed by atoms with van der Waals surface area (Å²) in [6.07, 6.45) is 7.67. The van der Waals surface area contributed by atoms with Crippen molar-refractivity contribution in [1.82, 2.24) is 0 Å². The Morgan fingerprint density at radius 3 is 2.18 bits per heavy atom. The van der Waals surface area contributed by atoms with Gasteiger partial charge in [0.15, 0.2) is 0 Å². The van der Waals surface area contributed by atoms with E-state index in [4.69, 9.17) is 9.47 Å². The smallest absolute Gasteiger partial charge is 0.306 e. The van der Waals surface area contributed by atoms with Crippen LogP contribution in [-0.4, -0.2) is 24.6 Å². The number of rotatable bonds is 13. The molecule has 0 bridgehead atoms. The first-order chi connectivity index (χ1) is 10.5. The van der Waals surface area contributed by atoms with Crippen LogP contribution in [0.5, 0.6) is 0 Å². The van der Waals surface area contributed by atoms with Gasteiger partial charge < -0.3 is 9.47 Å². The van der Waals surface area contributed by atoms with E-state index in [1.165, 1.54) is 19.3 Å². The minimum Gasteiger partial charge on any atom is -0.466 e. The molecule has 0 rings (SSSR count). The third-order valence-corrected chi connectivity index (χ3v) is 3.52. The summed E-state index contributed by atoms with van der Waals surface area (Å²) in [5, 5.41) is 0.